The second-order valence-corrected chi connectivity index (χ2v) is 7.01. The maximum Gasteiger partial charge on any atom is 0.227 e. The van der Waals surface area contributed by atoms with E-state index in [4.69, 9.17) is 0 Å². The zero-order valence-corrected chi connectivity index (χ0v) is 15.4. The first-order chi connectivity index (χ1) is 10.5. The molecule has 0 bridgehead atoms. The minimum atomic E-state index is 0.0871. The molecule has 0 saturated carbocycles. The second-order valence-electron chi connectivity index (χ2n) is 5.24. The van der Waals surface area contributed by atoms with Gasteiger partial charge < -0.3 is 0 Å². The van der Waals surface area contributed by atoms with Gasteiger partial charge in [-0.15, -0.1) is 4.68 Å². The van der Waals surface area contributed by atoms with E-state index in [0.717, 1.165) is 19.8 Å². The van der Waals surface area contributed by atoms with Gasteiger partial charge >= 0.3 is 0 Å². The summed E-state index contributed by atoms with van der Waals surface area (Å²) < 4.78 is 7.92. The summed E-state index contributed by atoms with van der Waals surface area (Å²) in [5, 5.41) is 1.09. The maximum absolute atomic E-state index is 12.4. The number of carbonyl (C=O) groups is 1. The Kier molecular flexibility index (Phi) is 4.14. The molecule has 0 aliphatic rings. The van der Waals surface area contributed by atoms with Crippen molar-refractivity contribution in [3.8, 4) is 0 Å². The van der Waals surface area contributed by atoms with Crippen molar-refractivity contribution in [1.29, 1.82) is 0 Å². The summed E-state index contributed by atoms with van der Waals surface area (Å²) in [6, 6.07) is 7.44. The molecule has 4 nitrogen and oxygen atoms in total. The molecular formula is C16H15Br2N3O+2. The third-order valence-corrected chi connectivity index (χ3v) is 4.81. The van der Waals surface area contributed by atoms with Gasteiger partial charge in [-0.2, -0.15) is 9.25 Å². The number of hydrogen-bond donors (Lipinski definition) is 0. The number of carbonyl (C=O) groups excluding carboxylic acids is 1. The number of ketones is 1. The number of fused-ring (bicyclic) bond motifs is 1. The van der Waals surface area contributed by atoms with E-state index >= 15 is 0 Å². The summed E-state index contributed by atoms with van der Waals surface area (Å²) in [6.45, 7) is 0.314. The van der Waals surface area contributed by atoms with Crippen molar-refractivity contribution >= 4 is 48.5 Å². The summed E-state index contributed by atoms with van der Waals surface area (Å²) in [5.74, 6) is 0.0871. The normalized spacial score (nSPS) is 11.1. The van der Waals surface area contributed by atoms with E-state index in [1.54, 1.807) is 0 Å². The van der Waals surface area contributed by atoms with Crippen LogP contribution in [0.3, 0.4) is 0 Å². The van der Waals surface area contributed by atoms with Crippen molar-refractivity contribution in [2.75, 3.05) is 0 Å². The van der Waals surface area contributed by atoms with Crippen LogP contribution >= 0.6 is 31.9 Å². The van der Waals surface area contributed by atoms with Crippen molar-refractivity contribution in [2.24, 2.45) is 14.1 Å². The number of aryl methyl sites for hydroxylation is 2. The van der Waals surface area contributed by atoms with Gasteiger partial charge in [-0.25, -0.2) is 0 Å². The van der Waals surface area contributed by atoms with Crippen LogP contribution in [-0.4, -0.2) is 10.5 Å². The van der Waals surface area contributed by atoms with Crippen LogP contribution in [0.1, 0.15) is 10.4 Å². The van der Waals surface area contributed by atoms with Crippen LogP contribution in [0.2, 0.25) is 0 Å². The highest BCUT2D eigenvalue weighted by molar-refractivity contribution is 9.11. The zero-order chi connectivity index (χ0) is 15.9. The topological polar surface area (TPSA) is 29.8 Å². The van der Waals surface area contributed by atoms with E-state index < -0.39 is 0 Å². The molecule has 6 heteroatoms. The van der Waals surface area contributed by atoms with E-state index in [-0.39, 0.29) is 5.78 Å². The van der Waals surface area contributed by atoms with E-state index in [9.17, 15) is 4.79 Å². The van der Waals surface area contributed by atoms with Crippen LogP contribution < -0.4 is 9.25 Å². The first-order valence-corrected chi connectivity index (χ1v) is 8.37. The summed E-state index contributed by atoms with van der Waals surface area (Å²) in [5.41, 5.74) is 1.82. The van der Waals surface area contributed by atoms with Crippen LogP contribution in [0.25, 0.3) is 10.9 Å². The Morgan fingerprint density at radius 3 is 2.50 bits per heavy atom. The summed E-state index contributed by atoms with van der Waals surface area (Å²) in [4.78, 5) is 12.4. The van der Waals surface area contributed by atoms with Gasteiger partial charge in [0.15, 0.2) is 19.4 Å². The average Bonchev–Trinajstić information content (AvgIpc) is 2.75. The van der Waals surface area contributed by atoms with Crippen molar-refractivity contribution in [3.63, 3.8) is 0 Å². The molecule has 0 atom stereocenters. The van der Waals surface area contributed by atoms with Crippen LogP contribution in [-0.2, 0) is 20.6 Å². The number of aromatic nitrogens is 3. The first-order valence-electron chi connectivity index (χ1n) is 6.78. The molecule has 2 heterocycles. The monoisotopic (exact) mass is 423 g/mol. The molecule has 3 rings (SSSR count). The molecule has 1 aromatic carbocycles. The van der Waals surface area contributed by atoms with E-state index in [1.807, 2.05) is 66.2 Å². The standard InChI is InChI=1S/C16H15Br2N3O/c1-19-7-12-8-21(9-14(18)16(12)20(19)2)10-15(22)11-3-5-13(17)6-4-11/h3-9H,10H2,1-2H3/q+2. The third-order valence-electron chi connectivity index (χ3n) is 3.70. The Morgan fingerprint density at radius 2 is 1.82 bits per heavy atom. The first kappa shape index (κ1) is 15.4. The van der Waals surface area contributed by atoms with Gasteiger partial charge in [0.1, 0.15) is 15.4 Å². The maximum atomic E-state index is 12.4. The summed E-state index contributed by atoms with van der Waals surface area (Å²) in [7, 11) is 3.99. The summed E-state index contributed by atoms with van der Waals surface area (Å²) in [6.07, 6.45) is 5.98. The van der Waals surface area contributed by atoms with Gasteiger partial charge in [0.2, 0.25) is 18.5 Å². The smallest absolute Gasteiger partial charge is 0.227 e. The van der Waals surface area contributed by atoms with Gasteiger partial charge in [-0.1, -0.05) is 28.1 Å². The van der Waals surface area contributed by atoms with Gasteiger partial charge in [-0.05, 0) is 28.1 Å². The van der Waals surface area contributed by atoms with Gasteiger partial charge in [0.05, 0.1) is 7.05 Å². The molecule has 2 aromatic heterocycles. The molecule has 0 amide bonds. The SMILES string of the molecule is Cn1c2c(Br)c[n+](CC(=O)c3ccc(Br)cc3)cc2c[n+]1C. The summed E-state index contributed by atoms with van der Waals surface area (Å²) >= 11 is 6.97. The fourth-order valence-electron chi connectivity index (χ4n) is 2.49. The molecule has 0 radical (unpaired) electrons. The van der Waals surface area contributed by atoms with Crippen molar-refractivity contribution in [1.82, 2.24) is 4.68 Å². The molecule has 112 valence electrons. The van der Waals surface area contributed by atoms with Gasteiger partial charge in [0, 0.05) is 10.0 Å². The third kappa shape index (κ3) is 2.85. The number of rotatable bonds is 3. The zero-order valence-electron chi connectivity index (χ0n) is 12.3. The Balaban J connectivity index is 1.94. The molecule has 22 heavy (non-hydrogen) atoms. The quantitative estimate of drug-likeness (QED) is 0.469. The number of benzene rings is 1. The van der Waals surface area contributed by atoms with Crippen LogP contribution in [0.4, 0.5) is 0 Å². The lowest BCUT2D eigenvalue weighted by atomic mass is 10.1. The lowest BCUT2D eigenvalue weighted by Gasteiger charge is -2.00. The fourth-order valence-corrected chi connectivity index (χ4v) is 3.50. The van der Waals surface area contributed by atoms with E-state index in [0.29, 0.717) is 12.1 Å². The Bertz CT molecular complexity index is 869. The van der Waals surface area contributed by atoms with Gasteiger partial charge in [0.25, 0.3) is 0 Å². The molecule has 0 saturated heterocycles. The Hall–Kier alpha value is -1.53. The molecule has 3 aromatic rings. The van der Waals surface area contributed by atoms with E-state index in [1.165, 1.54) is 0 Å². The van der Waals surface area contributed by atoms with E-state index in [2.05, 4.69) is 36.5 Å². The molecular weight excluding hydrogens is 410 g/mol. The number of halogens is 2. The molecule has 0 aliphatic heterocycles. The largest absolute Gasteiger partial charge is 0.287 e. The predicted molar refractivity (Wildman–Crippen MR) is 90.5 cm³/mol. The number of pyridine rings is 1. The second kappa shape index (κ2) is 5.93. The average molecular weight is 425 g/mol. The number of hydrogen-bond acceptors (Lipinski definition) is 1. The molecule has 0 aliphatic carbocycles. The predicted octanol–water partition coefficient (Wildman–Crippen LogP) is 2.70. The highest BCUT2D eigenvalue weighted by atomic mass is 79.9. The Morgan fingerprint density at radius 1 is 1.14 bits per heavy atom. The molecule has 0 fully saturated rings. The lowest BCUT2D eigenvalue weighted by molar-refractivity contribution is -0.748. The van der Waals surface area contributed by atoms with Crippen LogP contribution in [0.5, 0.6) is 0 Å². The van der Waals surface area contributed by atoms with Gasteiger partial charge in [-0.3, -0.25) is 4.79 Å². The van der Waals surface area contributed by atoms with Crippen molar-refractivity contribution in [2.45, 2.75) is 6.54 Å². The Labute approximate surface area is 145 Å². The number of nitrogens with zero attached hydrogens (tertiary/aromatic N) is 3. The lowest BCUT2D eigenvalue weighted by Crippen LogP contribution is -2.37. The van der Waals surface area contributed by atoms with Crippen molar-refractivity contribution in [3.05, 3.63) is 57.4 Å². The fraction of sp³-hybridized carbons (Fsp3) is 0.188. The minimum Gasteiger partial charge on any atom is -0.287 e. The molecule has 0 spiro atoms. The van der Waals surface area contributed by atoms with Crippen molar-refractivity contribution < 1.29 is 14.0 Å². The van der Waals surface area contributed by atoms with Crippen LogP contribution in [0.15, 0.2) is 51.8 Å². The highest BCUT2D eigenvalue weighted by Gasteiger charge is 2.20. The van der Waals surface area contributed by atoms with Crippen LogP contribution in [0, 0.1) is 0 Å². The minimum absolute atomic E-state index is 0.0871. The molecule has 0 unspecified atom stereocenters. The highest BCUT2D eigenvalue weighted by Crippen LogP contribution is 2.20. The molecule has 0 N–H and O–H groups in total. The number of Topliss-reactive ketones (excluding diaryl/α,β-unsaturated/α-hetero) is 1.